The normalized spacial score (nSPS) is 19.6. The summed E-state index contributed by atoms with van der Waals surface area (Å²) in [6.07, 6.45) is 0.318. The predicted molar refractivity (Wildman–Crippen MR) is 122 cm³/mol. The Hall–Kier alpha value is -2.53. The molecule has 1 atom stereocenters. The van der Waals surface area contributed by atoms with Crippen LogP contribution in [0.2, 0.25) is 0 Å². The predicted octanol–water partition coefficient (Wildman–Crippen LogP) is 3.52. The number of amides is 1. The van der Waals surface area contributed by atoms with Gasteiger partial charge in [0.25, 0.3) is 5.91 Å². The molecule has 1 unspecified atom stereocenters. The first kappa shape index (κ1) is 25.1. The van der Waals surface area contributed by atoms with E-state index >= 15 is 0 Å². The lowest BCUT2D eigenvalue weighted by molar-refractivity contribution is -0.137. The number of aromatic nitrogens is 2. The Morgan fingerprint density at radius 2 is 1.88 bits per heavy atom. The highest BCUT2D eigenvalue weighted by molar-refractivity contribution is 7.92. The summed E-state index contributed by atoms with van der Waals surface area (Å²) in [6, 6.07) is 4.39. The summed E-state index contributed by atoms with van der Waals surface area (Å²) in [5, 5.41) is 6.21. The fraction of sp³-hybridized carbons (Fsp3) is 0.500. The van der Waals surface area contributed by atoms with Crippen molar-refractivity contribution < 1.29 is 22.5 Å². The minimum atomic E-state index is -4.52. The largest absolute Gasteiger partial charge is 0.611 e. The Morgan fingerprint density at radius 3 is 2.52 bits per heavy atom. The van der Waals surface area contributed by atoms with Gasteiger partial charge in [0.1, 0.15) is 5.82 Å². The highest BCUT2D eigenvalue weighted by atomic mass is 32.2. The van der Waals surface area contributed by atoms with Crippen LogP contribution in [0.4, 0.5) is 24.9 Å². The molecule has 0 saturated heterocycles. The molecule has 33 heavy (non-hydrogen) atoms. The van der Waals surface area contributed by atoms with Gasteiger partial charge in [-0.05, 0) is 55.9 Å². The lowest BCUT2D eigenvalue weighted by Gasteiger charge is -2.30. The van der Waals surface area contributed by atoms with Crippen LogP contribution in [0.3, 0.4) is 0 Å². The van der Waals surface area contributed by atoms with Crippen molar-refractivity contribution in [3.05, 3.63) is 41.6 Å². The van der Waals surface area contributed by atoms with E-state index in [-0.39, 0.29) is 22.7 Å². The molecule has 1 amide bonds. The Kier molecular flexibility index (Phi) is 8.06. The molecule has 180 valence electrons. The van der Waals surface area contributed by atoms with Crippen molar-refractivity contribution in [3.63, 3.8) is 0 Å². The summed E-state index contributed by atoms with van der Waals surface area (Å²) in [7, 11) is 3.85. The third kappa shape index (κ3) is 6.97. The molecule has 0 radical (unpaired) electrons. The number of nitrogens with zero attached hydrogens (tertiary/aromatic N) is 3. The number of nitrogens with one attached hydrogen (secondary N) is 2. The van der Waals surface area contributed by atoms with Crippen LogP contribution >= 0.6 is 0 Å². The van der Waals surface area contributed by atoms with Crippen molar-refractivity contribution in [2.45, 2.75) is 55.8 Å². The van der Waals surface area contributed by atoms with Crippen molar-refractivity contribution in [3.8, 4) is 0 Å². The summed E-state index contributed by atoms with van der Waals surface area (Å²) in [5.41, 5.74) is 0.106. The van der Waals surface area contributed by atoms with Crippen LogP contribution in [0.15, 0.2) is 35.4 Å². The van der Waals surface area contributed by atoms with Crippen molar-refractivity contribution in [2.24, 2.45) is 0 Å². The minimum Gasteiger partial charge on any atom is -0.611 e. The third-order valence-corrected chi connectivity index (χ3v) is 6.78. The van der Waals surface area contributed by atoms with Crippen LogP contribution in [0, 0.1) is 6.92 Å². The van der Waals surface area contributed by atoms with E-state index in [9.17, 15) is 22.5 Å². The molecule has 1 aliphatic rings. The molecule has 1 aromatic heterocycles. The van der Waals surface area contributed by atoms with Gasteiger partial charge in [0.2, 0.25) is 5.95 Å². The minimum absolute atomic E-state index is 0.0110. The first-order valence-corrected chi connectivity index (χ1v) is 12.0. The molecular formula is C22H28F3N5O2S. The number of rotatable bonds is 7. The quantitative estimate of drug-likeness (QED) is 0.586. The van der Waals surface area contributed by atoms with Gasteiger partial charge >= 0.3 is 6.18 Å². The maximum Gasteiger partial charge on any atom is 0.416 e. The number of alkyl halides is 3. The van der Waals surface area contributed by atoms with Crippen LogP contribution in [-0.4, -0.2) is 52.4 Å². The van der Waals surface area contributed by atoms with Crippen molar-refractivity contribution in [1.29, 1.82) is 0 Å². The maximum absolute atomic E-state index is 12.9. The van der Waals surface area contributed by atoms with E-state index in [0.717, 1.165) is 49.2 Å². The number of carbonyl (C=O) groups is 1. The number of hydrogen-bond donors (Lipinski definition) is 2. The van der Waals surface area contributed by atoms with Crippen LogP contribution in [0.25, 0.3) is 0 Å². The molecule has 1 fully saturated rings. The molecule has 2 aromatic rings. The molecule has 0 aliphatic heterocycles. The molecule has 3 rings (SSSR count). The monoisotopic (exact) mass is 483 g/mol. The van der Waals surface area contributed by atoms with E-state index in [1.807, 2.05) is 25.9 Å². The second-order valence-electron chi connectivity index (χ2n) is 8.37. The molecule has 0 bridgehead atoms. The zero-order valence-electron chi connectivity index (χ0n) is 18.8. The fourth-order valence-electron chi connectivity index (χ4n) is 3.81. The van der Waals surface area contributed by atoms with Crippen LogP contribution in [0.5, 0.6) is 0 Å². The van der Waals surface area contributed by atoms with E-state index in [1.165, 1.54) is 12.1 Å². The van der Waals surface area contributed by atoms with Crippen LogP contribution in [0.1, 0.15) is 36.8 Å². The zero-order valence-corrected chi connectivity index (χ0v) is 19.6. The molecule has 0 spiro atoms. The average molecular weight is 484 g/mol. The van der Waals surface area contributed by atoms with Gasteiger partial charge in [-0.2, -0.15) is 18.2 Å². The lowest BCUT2D eigenvalue weighted by atomic mass is 9.91. The second-order valence-corrected chi connectivity index (χ2v) is 9.82. The summed E-state index contributed by atoms with van der Waals surface area (Å²) >= 11 is -1.85. The standard InChI is InChI=1S/C22H28F3N5O2S/c1-14-12-26-21(29-20(14)30(2)3)28-17-9-7-16(8-10-17)27-19(31)13-33(32)18-6-4-5-15(11-18)22(23,24)25/h4-6,11-12,16-17H,7-10,13H2,1-3H3,(H,27,31)(H,26,28,29)/t16-,17+,33?. The molecule has 1 saturated carbocycles. The van der Waals surface area contributed by atoms with E-state index in [1.54, 1.807) is 6.20 Å². The summed E-state index contributed by atoms with van der Waals surface area (Å²) < 4.78 is 50.9. The van der Waals surface area contributed by atoms with E-state index in [0.29, 0.717) is 5.95 Å². The van der Waals surface area contributed by atoms with Crippen LogP contribution < -0.4 is 15.5 Å². The molecule has 1 heterocycles. The average Bonchev–Trinajstić information content (AvgIpc) is 2.75. The fourth-order valence-corrected chi connectivity index (χ4v) is 4.78. The first-order chi connectivity index (χ1) is 15.5. The van der Waals surface area contributed by atoms with Gasteiger partial charge in [-0.15, -0.1) is 0 Å². The van der Waals surface area contributed by atoms with Gasteiger partial charge in [-0.3, -0.25) is 4.79 Å². The number of carbonyl (C=O) groups excluding carboxylic acids is 1. The molecule has 1 aromatic carbocycles. The highest BCUT2D eigenvalue weighted by Gasteiger charge is 2.32. The number of anilines is 2. The van der Waals surface area contributed by atoms with Crippen LogP contribution in [-0.2, 0) is 22.1 Å². The Bertz CT molecular complexity index is 965. The van der Waals surface area contributed by atoms with Gasteiger partial charge in [0, 0.05) is 44.0 Å². The zero-order chi connectivity index (χ0) is 24.2. The second kappa shape index (κ2) is 10.6. The smallest absolute Gasteiger partial charge is 0.416 e. The van der Waals surface area contributed by atoms with E-state index in [2.05, 4.69) is 20.6 Å². The Balaban J connectivity index is 1.47. The SMILES string of the molecule is Cc1cnc(N[C@H]2CC[C@@H](NC(=O)C[S+]([O-])c3cccc(C(F)(F)F)c3)CC2)nc1N(C)C. The molecular weight excluding hydrogens is 455 g/mol. The topological polar surface area (TPSA) is 93.2 Å². The highest BCUT2D eigenvalue weighted by Crippen LogP contribution is 2.30. The number of benzene rings is 1. The van der Waals surface area contributed by atoms with Gasteiger partial charge < -0.3 is 20.1 Å². The summed E-state index contributed by atoms with van der Waals surface area (Å²) in [6.45, 7) is 1.95. The number of aryl methyl sites for hydroxylation is 1. The molecule has 7 nitrogen and oxygen atoms in total. The number of halogens is 3. The summed E-state index contributed by atoms with van der Waals surface area (Å²) in [5.74, 6) is 0.611. The van der Waals surface area contributed by atoms with Gasteiger partial charge in [-0.25, -0.2) is 4.98 Å². The van der Waals surface area contributed by atoms with Gasteiger partial charge in [0.05, 0.1) is 5.56 Å². The molecule has 11 heteroatoms. The first-order valence-electron chi connectivity index (χ1n) is 10.7. The molecule has 1 aliphatic carbocycles. The van der Waals surface area contributed by atoms with Crippen molar-refractivity contribution in [1.82, 2.24) is 15.3 Å². The number of hydrogen-bond acceptors (Lipinski definition) is 6. The van der Waals surface area contributed by atoms with Gasteiger partial charge in [0.15, 0.2) is 10.6 Å². The van der Waals surface area contributed by atoms with Crippen molar-refractivity contribution >= 4 is 28.8 Å². The molecule has 2 N–H and O–H groups in total. The van der Waals surface area contributed by atoms with Gasteiger partial charge in [-0.1, -0.05) is 6.07 Å². The van der Waals surface area contributed by atoms with E-state index < -0.39 is 28.8 Å². The Labute approximate surface area is 194 Å². The lowest BCUT2D eigenvalue weighted by Crippen LogP contribution is -2.42. The van der Waals surface area contributed by atoms with E-state index in [4.69, 9.17) is 0 Å². The summed E-state index contributed by atoms with van der Waals surface area (Å²) in [4.78, 5) is 23.1. The maximum atomic E-state index is 12.9. The van der Waals surface area contributed by atoms with Crippen molar-refractivity contribution in [2.75, 3.05) is 30.1 Å². The Morgan fingerprint density at radius 1 is 1.21 bits per heavy atom. The third-order valence-electron chi connectivity index (χ3n) is 5.48.